The Balaban J connectivity index is 0.947. The minimum absolute atomic E-state index is 0.165. The van der Waals surface area contributed by atoms with E-state index in [2.05, 4.69) is 84.6 Å². The zero-order valence-corrected chi connectivity index (χ0v) is 33.5. The minimum atomic E-state index is -1.19. The predicted molar refractivity (Wildman–Crippen MR) is 215 cm³/mol. The first-order valence-electron chi connectivity index (χ1n) is 20.1. The molecule has 4 fully saturated rings. The maximum atomic E-state index is 12.8. The molecule has 1 N–H and O–H groups in total. The zero-order chi connectivity index (χ0) is 37.4. The second-order valence-electron chi connectivity index (χ2n) is 18.1. The van der Waals surface area contributed by atoms with Crippen LogP contribution in [0, 0.1) is 5.41 Å². The van der Waals surface area contributed by atoms with Crippen LogP contribution in [0.2, 0.25) is 25.7 Å². The summed E-state index contributed by atoms with van der Waals surface area (Å²) in [5.74, 6) is 0.0789. The van der Waals surface area contributed by atoms with Gasteiger partial charge in [-0.05, 0) is 85.6 Å². The Labute approximate surface area is 320 Å². The average Bonchev–Trinajstić information content (AvgIpc) is 3.87. The van der Waals surface area contributed by atoms with Crippen LogP contribution >= 0.6 is 0 Å². The molecule has 0 bridgehead atoms. The third-order valence-electron chi connectivity index (χ3n) is 12.7. The van der Waals surface area contributed by atoms with Crippen LogP contribution in [0.3, 0.4) is 0 Å². The van der Waals surface area contributed by atoms with E-state index in [4.69, 9.17) is 19.2 Å². The number of pyridine rings is 1. The molecule has 9 rings (SSSR count). The Hall–Kier alpha value is -3.90. The number of anilines is 3. The Bertz CT molecular complexity index is 2050. The lowest BCUT2D eigenvalue weighted by molar-refractivity contribution is -0.0257. The molecule has 11 heteroatoms. The van der Waals surface area contributed by atoms with E-state index in [0.29, 0.717) is 54.9 Å². The topological polar surface area (TPSA) is 92.5 Å². The molecule has 5 aliphatic rings. The Morgan fingerprint density at radius 2 is 1.87 bits per heavy atom. The maximum Gasteiger partial charge on any atom is 0.337 e. The molecule has 1 spiro atoms. The van der Waals surface area contributed by atoms with Crippen molar-refractivity contribution in [2.24, 2.45) is 5.41 Å². The van der Waals surface area contributed by atoms with E-state index in [9.17, 15) is 9.90 Å². The van der Waals surface area contributed by atoms with Crippen LogP contribution in [0.25, 0.3) is 11.0 Å². The average molecular weight is 750 g/mol. The summed E-state index contributed by atoms with van der Waals surface area (Å²) in [4.78, 5) is 25.2. The van der Waals surface area contributed by atoms with Gasteiger partial charge in [-0.3, -0.25) is 4.90 Å². The molecule has 1 saturated carbocycles. The van der Waals surface area contributed by atoms with Crippen LogP contribution in [-0.2, 0) is 16.2 Å². The molecule has 3 saturated heterocycles. The first kappa shape index (κ1) is 35.8. The fraction of sp³-hybridized carbons (Fsp3) is 0.535. The predicted octanol–water partition coefficient (Wildman–Crippen LogP) is 8.27. The Morgan fingerprint density at radius 3 is 2.65 bits per heavy atom. The highest BCUT2D eigenvalue weighted by atomic mass is 28.3. The van der Waals surface area contributed by atoms with Crippen molar-refractivity contribution in [3.8, 4) is 5.88 Å². The Kier molecular flexibility index (Phi) is 9.07. The highest BCUT2D eigenvalue weighted by molar-refractivity contribution is 6.76. The van der Waals surface area contributed by atoms with Crippen molar-refractivity contribution < 1.29 is 24.1 Å². The van der Waals surface area contributed by atoms with Gasteiger partial charge in [-0.15, -0.1) is 0 Å². The van der Waals surface area contributed by atoms with Gasteiger partial charge >= 0.3 is 5.97 Å². The number of hydrogen-bond acceptors (Lipinski definition) is 8. The molecule has 10 nitrogen and oxygen atoms in total. The highest BCUT2D eigenvalue weighted by Crippen LogP contribution is 2.55. The van der Waals surface area contributed by atoms with E-state index >= 15 is 0 Å². The van der Waals surface area contributed by atoms with E-state index in [0.717, 1.165) is 48.1 Å². The van der Waals surface area contributed by atoms with Gasteiger partial charge in [-0.25, -0.2) is 4.79 Å². The van der Waals surface area contributed by atoms with Crippen LogP contribution in [0.5, 0.6) is 5.88 Å². The molecule has 2 aromatic carbocycles. The van der Waals surface area contributed by atoms with E-state index in [1.807, 2.05) is 22.9 Å². The number of aromatic nitrogens is 2. The maximum absolute atomic E-state index is 12.8. The van der Waals surface area contributed by atoms with Crippen molar-refractivity contribution in [1.29, 1.82) is 0 Å². The summed E-state index contributed by atoms with van der Waals surface area (Å²) in [5.41, 5.74) is 6.91. The third-order valence-corrected chi connectivity index (χ3v) is 14.4. The minimum Gasteiger partial charge on any atom is -0.478 e. The van der Waals surface area contributed by atoms with Crippen molar-refractivity contribution in [2.45, 2.75) is 102 Å². The van der Waals surface area contributed by atoms with Crippen LogP contribution in [0.15, 0.2) is 60.8 Å². The summed E-state index contributed by atoms with van der Waals surface area (Å²) in [7, 11) is -1.19. The molecule has 4 aromatic rings. The van der Waals surface area contributed by atoms with Crippen LogP contribution in [0.4, 0.5) is 17.1 Å². The van der Waals surface area contributed by atoms with E-state index in [1.54, 1.807) is 6.07 Å². The molecule has 6 heterocycles. The highest BCUT2D eigenvalue weighted by Gasteiger charge is 2.55. The van der Waals surface area contributed by atoms with Gasteiger partial charge in [0.1, 0.15) is 24.2 Å². The summed E-state index contributed by atoms with van der Waals surface area (Å²) in [6.07, 6.45) is 6.72. The largest absolute Gasteiger partial charge is 0.478 e. The first-order chi connectivity index (χ1) is 26.0. The molecule has 286 valence electrons. The molecular formula is C43H55N5O5Si. The summed E-state index contributed by atoms with van der Waals surface area (Å²) in [6.45, 7) is 16.9. The monoisotopic (exact) mass is 749 g/mol. The van der Waals surface area contributed by atoms with Crippen molar-refractivity contribution in [3.63, 3.8) is 0 Å². The number of fused-ring (bicyclic) bond motifs is 3. The SMILES string of the molecule is CC(C)c1ccccc1[C@@H]1CCCN1C1CC2(C1)CN(c1ccc(C(=O)O)c(N3c4cc5ccn(COCC[Si](C)(C)C)c5nc4O[C@@H]4COC[C@H]43)c1)C2. The second-order valence-corrected chi connectivity index (χ2v) is 23.7. The number of benzene rings is 2. The lowest BCUT2D eigenvalue weighted by Crippen LogP contribution is -2.66. The van der Waals surface area contributed by atoms with E-state index < -0.39 is 14.0 Å². The number of carbonyl (C=O) groups is 1. The van der Waals surface area contributed by atoms with Gasteiger partial charge in [0, 0.05) is 62.5 Å². The van der Waals surface area contributed by atoms with Gasteiger partial charge in [-0.1, -0.05) is 57.8 Å². The van der Waals surface area contributed by atoms with Gasteiger partial charge in [0.15, 0.2) is 0 Å². The fourth-order valence-electron chi connectivity index (χ4n) is 9.87. The van der Waals surface area contributed by atoms with Gasteiger partial charge in [0.25, 0.3) is 0 Å². The van der Waals surface area contributed by atoms with Gasteiger partial charge in [0.05, 0.1) is 30.5 Å². The van der Waals surface area contributed by atoms with Gasteiger partial charge in [-0.2, -0.15) is 4.98 Å². The lowest BCUT2D eigenvalue weighted by Gasteiger charge is -2.62. The number of rotatable bonds is 11. The first-order valence-corrected chi connectivity index (χ1v) is 23.8. The normalized spacial score (nSPS) is 23.8. The zero-order valence-electron chi connectivity index (χ0n) is 32.5. The molecule has 3 atom stereocenters. The Morgan fingerprint density at radius 1 is 1.06 bits per heavy atom. The molecule has 0 amide bonds. The van der Waals surface area contributed by atoms with Crippen LogP contribution in [-0.4, -0.2) is 91.2 Å². The van der Waals surface area contributed by atoms with Crippen molar-refractivity contribution >= 4 is 42.1 Å². The number of carboxylic acids is 1. The number of aromatic carboxylic acids is 1. The quantitative estimate of drug-likeness (QED) is 0.120. The molecule has 0 radical (unpaired) electrons. The number of carboxylic acid groups (broad SMARTS) is 1. The molecular weight excluding hydrogens is 695 g/mol. The standard InChI is InChI=1S/C43H55N5O5Si/c1-28(2)32-9-6-7-10-33(32)35-11-8-15-47(35)31-21-43(22-31)25-46(26-43)30-12-13-34(42(49)50)36(20-30)48-37-19-29-14-16-45(27-51-17-18-54(3,4)5)40(29)44-41(37)53-39-24-52-23-38(39)48/h6-7,9-10,12-14,16,19-20,28,31,35,38-39H,8,11,15,17-18,21-27H2,1-5H3,(H,49,50)/t35-,38+,39+/m0/s1. The molecule has 2 aromatic heterocycles. The number of hydrogen-bond donors (Lipinski definition) is 1. The van der Waals surface area contributed by atoms with E-state index in [-0.39, 0.29) is 17.7 Å². The summed E-state index contributed by atoms with van der Waals surface area (Å²) in [5, 5.41) is 11.4. The third kappa shape index (κ3) is 6.40. The summed E-state index contributed by atoms with van der Waals surface area (Å²) >= 11 is 0. The molecule has 4 aliphatic heterocycles. The smallest absolute Gasteiger partial charge is 0.337 e. The van der Waals surface area contributed by atoms with Crippen LogP contribution in [0.1, 0.15) is 73.0 Å². The summed E-state index contributed by atoms with van der Waals surface area (Å²) in [6, 6.07) is 21.2. The summed E-state index contributed by atoms with van der Waals surface area (Å²) < 4.78 is 20.5. The lowest BCUT2D eigenvalue weighted by atomic mass is 9.60. The van der Waals surface area contributed by atoms with Crippen LogP contribution < -0.4 is 14.5 Å². The molecule has 54 heavy (non-hydrogen) atoms. The van der Waals surface area contributed by atoms with Crippen molar-refractivity contribution in [1.82, 2.24) is 14.5 Å². The van der Waals surface area contributed by atoms with E-state index in [1.165, 1.54) is 43.4 Å². The van der Waals surface area contributed by atoms with Gasteiger partial charge in [0.2, 0.25) is 5.88 Å². The fourth-order valence-corrected chi connectivity index (χ4v) is 10.6. The number of ether oxygens (including phenoxy) is 3. The molecule has 1 aliphatic carbocycles. The number of nitrogens with zero attached hydrogens (tertiary/aromatic N) is 5. The number of likely N-dealkylation sites (tertiary alicyclic amines) is 1. The van der Waals surface area contributed by atoms with Gasteiger partial charge < -0.3 is 33.7 Å². The second kappa shape index (κ2) is 13.7. The van der Waals surface area contributed by atoms with Crippen molar-refractivity contribution in [3.05, 3.63) is 77.5 Å². The van der Waals surface area contributed by atoms with Crippen molar-refractivity contribution in [2.75, 3.05) is 49.3 Å². The molecule has 0 unspecified atom stereocenters.